The van der Waals surface area contributed by atoms with Crippen molar-refractivity contribution in [3.05, 3.63) is 60.1 Å². The molecule has 1 saturated heterocycles. The first-order chi connectivity index (χ1) is 18.7. The van der Waals surface area contributed by atoms with Gasteiger partial charge < -0.3 is 15.5 Å². The molecular formula is C26H23F5N6OS. The van der Waals surface area contributed by atoms with Crippen LogP contribution < -0.4 is 10.6 Å². The van der Waals surface area contributed by atoms with Gasteiger partial charge in [-0.2, -0.15) is 17.6 Å². The first-order valence-corrected chi connectivity index (χ1v) is 13.0. The van der Waals surface area contributed by atoms with E-state index in [0.717, 1.165) is 11.6 Å². The Balaban J connectivity index is 1.42. The SMILES string of the molecule is O=C1NCCN1CCNc1ncc(F)c(-c2cc3cccc(-c4cc(F)ncc4CCCC(F)(F)F)c3s2)n1. The van der Waals surface area contributed by atoms with Gasteiger partial charge in [-0.3, -0.25) is 0 Å². The molecule has 4 aromatic rings. The summed E-state index contributed by atoms with van der Waals surface area (Å²) in [7, 11) is 0. The summed E-state index contributed by atoms with van der Waals surface area (Å²) in [5, 5.41) is 6.48. The van der Waals surface area contributed by atoms with E-state index in [-0.39, 0.29) is 30.5 Å². The minimum atomic E-state index is -4.28. The van der Waals surface area contributed by atoms with Crippen LogP contribution in [0.4, 0.5) is 32.7 Å². The molecule has 5 rings (SSSR count). The number of nitrogens with zero attached hydrogens (tertiary/aromatic N) is 4. The van der Waals surface area contributed by atoms with Crippen LogP contribution >= 0.6 is 11.3 Å². The van der Waals surface area contributed by atoms with Crippen molar-refractivity contribution in [2.24, 2.45) is 0 Å². The molecule has 13 heteroatoms. The lowest BCUT2D eigenvalue weighted by Crippen LogP contribution is -2.32. The van der Waals surface area contributed by atoms with E-state index in [0.29, 0.717) is 52.4 Å². The summed E-state index contributed by atoms with van der Waals surface area (Å²) in [6.07, 6.45) is -2.98. The van der Waals surface area contributed by atoms with Crippen LogP contribution in [0.1, 0.15) is 18.4 Å². The van der Waals surface area contributed by atoms with Crippen LogP contribution in [0.3, 0.4) is 0 Å². The molecule has 4 heterocycles. The third kappa shape index (κ3) is 6.24. The summed E-state index contributed by atoms with van der Waals surface area (Å²) < 4.78 is 67.8. The quantitative estimate of drug-likeness (QED) is 0.193. The number of pyridine rings is 1. The monoisotopic (exact) mass is 562 g/mol. The lowest BCUT2D eigenvalue weighted by atomic mass is 9.97. The minimum Gasteiger partial charge on any atom is -0.352 e. The van der Waals surface area contributed by atoms with Crippen LogP contribution in [0, 0.1) is 11.8 Å². The average Bonchev–Trinajstić information content (AvgIpc) is 3.51. The lowest BCUT2D eigenvalue weighted by molar-refractivity contribution is -0.135. The molecule has 0 bridgehead atoms. The number of carbonyl (C=O) groups excluding carboxylic acids is 1. The van der Waals surface area contributed by atoms with E-state index >= 15 is 0 Å². The predicted octanol–water partition coefficient (Wildman–Crippen LogP) is 6.02. The van der Waals surface area contributed by atoms with Crippen molar-refractivity contribution in [3.63, 3.8) is 0 Å². The molecule has 1 aliphatic rings. The van der Waals surface area contributed by atoms with Gasteiger partial charge in [-0.1, -0.05) is 18.2 Å². The Morgan fingerprint density at radius 2 is 1.95 bits per heavy atom. The van der Waals surface area contributed by atoms with Gasteiger partial charge in [0, 0.05) is 49.6 Å². The maximum Gasteiger partial charge on any atom is 0.389 e. The Bertz CT molecular complexity index is 1510. The molecule has 2 N–H and O–H groups in total. The Morgan fingerprint density at radius 3 is 2.72 bits per heavy atom. The topological polar surface area (TPSA) is 83.0 Å². The van der Waals surface area contributed by atoms with Crippen molar-refractivity contribution in [2.75, 3.05) is 31.5 Å². The van der Waals surface area contributed by atoms with Gasteiger partial charge in [-0.05, 0) is 41.0 Å². The van der Waals surface area contributed by atoms with Crippen molar-refractivity contribution in [1.82, 2.24) is 25.2 Å². The molecule has 1 aromatic carbocycles. The number of carbonyl (C=O) groups is 1. The molecule has 0 spiro atoms. The number of alkyl halides is 3. The summed E-state index contributed by atoms with van der Waals surface area (Å²) in [4.78, 5) is 25.8. The van der Waals surface area contributed by atoms with Crippen LogP contribution in [0.25, 0.3) is 31.8 Å². The number of aryl methyl sites for hydroxylation is 1. The fourth-order valence-electron chi connectivity index (χ4n) is 4.43. The van der Waals surface area contributed by atoms with Gasteiger partial charge in [0.25, 0.3) is 0 Å². The van der Waals surface area contributed by atoms with E-state index in [4.69, 9.17) is 0 Å². The zero-order valence-corrected chi connectivity index (χ0v) is 21.3. The van der Waals surface area contributed by atoms with Crippen LogP contribution in [-0.2, 0) is 6.42 Å². The van der Waals surface area contributed by atoms with E-state index in [1.807, 2.05) is 6.07 Å². The number of hydrogen-bond donors (Lipinski definition) is 2. The maximum absolute atomic E-state index is 14.8. The number of fused-ring (bicyclic) bond motifs is 1. The minimum absolute atomic E-state index is 0.0740. The van der Waals surface area contributed by atoms with Gasteiger partial charge in [-0.15, -0.1) is 11.3 Å². The Labute approximate surface area is 224 Å². The number of urea groups is 1. The van der Waals surface area contributed by atoms with Gasteiger partial charge in [0.2, 0.25) is 11.9 Å². The molecule has 39 heavy (non-hydrogen) atoms. The van der Waals surface area contributed by atoms with Crippen molar-refractivity contribution in [3.8, 4) is 21.7 Å². The zero-order valence-electron chi connectivity index (χ0n) is 20.5. The second kappa shape index (κ2) is 11.1. The van der Waals surface area contributed by atoms with Crippen molar-refractivity contribution >= 4 is 33.4 Å². The molecule has 2 amide bonds. The van der Waals surface area contributed by atoms with Crippen LogP contribution in [0.5, 0.6) is 0 Å². The van der Waals surface area contributed by atoms with E-state index < -0.39 is 24.4 Å². The Hall–Kier alpha value is -3.87. The predicted molar refractivity (Wildman–Crippen MR) is 138 cm³/mol. The number of aromatic nitrogens is 3. The highest BCUT2D eigenvalue weighted by Gasteiger charge is 2.26. The fourth-order valence-corrected chi connectivity index (χ4v) is 5.61. The van der Waals surface area contributed by atoms with Gasteiger partial charge in [0.05, 0.1) is 11.1 Å². The summed E-state index contributed by atoms with van der Waals surface area (Å²) in [5.41, 5.74) is 1.63. The average molecular weight is 563 g/mol. The van der Waals surface area contributed by atoms with Gasteiger partial charge in [0.15, 0.2) is 5.82 Å². The van der Waals surface area contributed by atoms with E-state index in [9.17, 15) is 26.7 Å². The van der Waals surface area contributed by atoms with Crippen molar-refractivity contribution in [2.45, 2.75) is 25.4 Å². The molecular weight excluding hydrogens is 539 g/mol. The number of benzene rings is 1. The van der Waals surface area contributed by atoms with Crippen molar-refractivity contribution < 1.29 is 26.7 Å². The van der Waals surface area contributed by atoms with Gasteiger partial charge in [0.1, 0.15) is 5.69 Å². The third-order valence-electron chi connectivity index (χ3n) is 6.28. The number of hydrogen-bond acceptors (Lipinski definition) is 6. The van der Waals surface area contributed by atoms with E-state index in [2.05, 4.69) is 25.6 Å². The molecule has 0 unspecified atom stereocenters. The molecule has 0 saturated carbocycles. The lowest BCUT2D eigenvalue weighted by Gasteiger charge is -2.14. The molecule has 0 radical (unpaired) electrons. The molecule has 0 aliphatic carbocycles. The largest absolute Gasteiger partial charge is 0.389 e. The molecule has 1 fully saturated rings. The number of thiophene rings is 1. The second-order valence-electron chi connectivity index (χ2n) is 9.00. The summed E-state index contributed by atoms with van der Waals surface area (Å²) in [5.74, 6) is -1.18. The highest BCUT2D eigenvalue weighted by atomic mass is 32.1. The number of anilines is 1. The molecule has 204 valence electrons. The highest BCUT2D eigenvalue weighted by Crippen LogP contribution is 2.40. The summed E-state index contributed by atoms with van der Waals surface area (Å²) in [6, 6.07) is 8.15. The second-order valence-corrected chi connectivity index (χ2v) is 10.1. The maximum atomic E-state index is 14.8. The standard InChI is InChI=1S/C26H23F5N6OS/c27-19-14-35-24(32-7-9-37-10-8-33-25(37)38)36-22(19)20-11-15-3-1-5-17(23(15)39-20)18-12-21(28)34-13-16(18)4-2-6-26(29,30)31/h1,3,5,11-14H,2,4,6-10H2,(H,33,38)(H,32,35,36). The Kier molecular flexibility index (Phi) is 7.60. The van der Waals surface area contributed by atoms with Crippen molar-refractivity contribution in [1.29, 1.82) is 0 Å². The van der Waals surface area contributed by atoms with Crippen LogP contribution in [-0.4, -0.2) is 58.2 Å². The molecule has 0 atom stereocenters. The molecule has 3 aromatic heterocycles. The molecule has 1 aliphatic heterocycles. The number of amides is 2. The van der Waals surface area contributed by atoms with Gasteiger partial charge >= 0.3 is 12.2 Å². The van der Waals surface area contributed by atoms with Gasteiger partial charge in [-0.25, -0.2) is 24.1 Å². The van der Waals surface area contributed by atoms with E-state index in [1.165, 1.54) is 23.6 Å². The highest BCUT2D eigenvalue weighted by molar-refractivity contribution is 7.22. The number of rotatable bonds is 9. The summed E-state index contributed by atoms with van der Waals surface area (Å²) >= 11 is 1.24. The normalized spacial score (nSPS) is 13.8. The first-order valence-electron chi connectivity index (χ1n) is 12.2. The fraction of sp³-hybridized carbons (Fsp3) is 0.308. The zero-order chi connectivity index (χ0) is 27.6. The summed E-state index contributed by atoms with van der Waals surface area (Å²) in [6.45, 7) is 2.00. The Morgan fingerprint density at radius 1 is 1.10 bits per heavy atom. The molecule has 7 nitrogen and oxygen atoms in total. The van der Waals surface area contributed by atoms with Crippen LogP contribution in [0.2, 0.25) is 0 Å². The van der Waals surface area contributed by atoms with E-state index in [1.54, 1.807) is 23.1 Å². The number of halogens is 5. The van der Waals surface area contributed by atoms with Crippen LogP contribution in [0.15, 0.2) is 42.7 Å². The smallest absolute Gasteiger partial charge is 0.352 e. The first kappa shape index (κ1) is 26.7. The number of nitrogens with one attached hydrogen (secondary N) is 2. The third-order valence-corrected chi connectivity index (χ3v) is 7.47.